The second-order valence-electron chi connectivity index (χ2n) is 5.77. The van der Waals surface area contributed by atoms with Gasteiger partial charge >= 0.3 is 0 Å². The lowest BCUT2D eigenvalue weighted by Crippen LogP contribution is -2.51. The van der Waals surface area contributed by atoms with E-state index in [0.29, 0.717) is 18.8 Å². The minimum Gasteiger partial charge on any atom is -0.376 e. The number of carbonyl (C=O) groups excluding carboxylic acids is 2. The summed E-state index contributed by atoms with van der Waals surface area (Å²) in [5, 5.41) is 5.25. The zero-order chi connectivity index (χ0) is 18.6. The van der Waals surface area contributed by atoms with Crippen molar-refractivity contribution in [1.82, 2.24) is 9.21 Å². The molecule has 1 aromatic rings. The molecule has 1 heterocycles. The molecule has 1 fully saturated rings. The summed E-state index contributed by atoms with van der Waals surface area (Å²) in [4.78, 5) is 24.8. The summed E-state index contributed by atoms with van der Waals surface area (Å²) in [5.74, 6) is -1.14. The predicted molar refractivity (Wildman–Crippen MR) is 92.2 cm³/mol. The first-order chi connectivity index (χ1) is 11.7. The Balaban J connectivity index is 1.89. The third-order valence-electron chi connectivity index (χ3n) is 3.78. The number of sulfonamides is 1. The zero-order valence-electron chi connectivity index (χ0n) is 14.1. The van der Waals surface area contributed by atoms with Crippen LogP contribution in [0, 0.1) is 5.82 Å². The van der Waals surface area contributed by atoms with Crippen LogP contribution in [0.2, 0.25) is 0 Å². The van der Waals surface area contributed by atoms with Crippen molar-refractivity contribution in [3.63, 3.8) is 0 Å². The average molecular weight is 372 g/mol. The van der Waals surface area contributed by atoms with E-state index in [0.717, 1.165) is 6.26 Å². The molecule has 0 unspecified atom stereocenters. The third kappa shape index (κ3) is 5.40. The average Bonchev–Trinajstić information content (AvgIpc) is 2.54. The molecule has 0 aliphatic carbocycles. The number of halogens is 1. The number of hydrogen-bond donors (Lipinski definition) is 2. The number of anilines is 2. The van der Waals surface area contributed by atoms with Gasteiger partial charge in [0, 0.05) is 38.8 Å². The minimum absolute atomic E-state index is 0.00990. The highest BCUT2D eigenvalue weighted by molar-refractivity contribution is 7.88. The molecule has 2 amide bonds. The summed E-state index contributed by atoms with van der Waals surface area (Å²) in [5.41, 5.74) is 0.528. The fourth-order valence-corrected chi connectivity index (χ4v) is 3.31. The Morgan fingerprint density at radius 1 is 1.20 bits per heavy atom. The van der Waals surface area contributed by atoms with Crippen LogP contribution >= 0.6 is 0 Å². The van der Waals surface area contributed by atoms with Gasteiger partial charge in [-0.1, -0.05) is 0 Å². The van der Waals surface area contributed by atoms with E-state index >= 15 is 0 Å². The van der Waals surface area contributed by atoms with Crippen LogP contribution in [0.1, 0.15) is 6.92 Å². The molecule has 0 aromatic heterocycles. The summed E-state index contributed by atoms with van der Waals surface area (Å²) >= 11 is 0. The quantitative estimate of drug-likeness (QED) is 0.775. The Morgan fingerprint density at radius 2 is 1.84 bits per heavy atom. The first-order valence-corrected chi connectivity index (χ1v) is 9.55. The molecule has 0 bridgehead atoms. The molecule has 2 rings (SSSR count). The van der Waals surface area contributed by atoms with Crippen molar-refractivity contribution in [1.29, 1.82) is 0 Å². The molecule has 138 valence electrons. The van der Waals surface area contributed by atoms with Crippen molar-refractivity contribution >= 4 is 33.2 Å². The van der Waals surface area contributed by atoms with Gasteiger partial charge in [-0.15, -0.1) is 0 Å². The maximum Gasteiger partial charge on any atom is 0.241 e. The number of carbonyl (C=O) groups is 2. The standard InChI is InChI=1S/C15H21FN4O4S/c1-11(21)18-14-9-12(3-4-13(14)16)17-10-15(22)19-5-7-20(8-6-19)25(2,23)24/h3-4,9,17H,5-8,10H2,1-2H3,(H,18,21). The molecule has 1 aliphatic rings. The topological polar surface area (TPSA) is 98.8 Å². The van der Waals surface area contributed by atoms with Crippen molar-refractivity contribution < 1.29 is 22.4 Å². The number of amides is 2. The maximum absolute atomic E-state index is 13.6. The van der Waals surface area contributed by atoms with Crippen LogP contribution in [0.3, 0.4) is 0 Å². The van der Waals surface area contributed by atoms with Gasteiger partial charge in [-0.25, -0.2) is 12.8 Å². The van der Waals surface area contributed by atoms with E-state index in [1.165, 1.54) is 29.4 Å². The Kier molecular flexibility index (Phi) is 5.96. The Hall–Kier alpha value is -2.20. The van der Waals surface area contributed by atoms with E-state index in [9.17, 15) is 22.4 Å². The first kappa shape index (κ1) is 19.1. The van der Waals surface area contributed by atoms with Crippen LogP contribution < -0.4 is 10.6 Å². The fraction of sp³-hybridized carbons (Fsp3) is 0.467. The molecule has 0 radical (unpaired) electrons. The normalized spacial score (nSPS) is 15.7. The molecular formula is C15H21FN4O4S. The van der Waals surface area contributed by atoms with Crippen molar-refractivity contribution in [2.24, 2.45) is 0 Å². The van der Waals surface area contributed by atoms with E-state index < -0.39 is 21.7 Å². The van der Waals surface area contributed by atoms with E-state index in [1.54, 1.807) is 4.90 Å². The van der Waals surface area contributed by atoms with Gasteiger partial charge in [0.05, 0.1) is 18.5 Å². The van der Waals surface area contributed by atoms with Crippen molar-refractivity contribution in [2.75, 3.05) is 49.6 Å². The molecule has 2 N–H and O–H groups in total. The van der Waals surface area contributed by atoms with Gasteiger partial charge in [0.1, 0.15) is 5.82 Å². The van der Waals surface area contributed by atoms with Crippen LogP contribution in [-0.2, 0) is 19.6 Å². The van der Waals surface area contributed by atoms with Gasteiger partial charge < -0.3 is 15.5 Å². The van der Waals surface area contributed by atoms with Gasteiger partial charge in [-0.3, -0.25) is 9.59 Å². The van der Waals surface area contributed by atoms with Gasteiger partial charge in [-0.05, 0) is 18.2 Å². The number of rotatable bonds is 5. The van der Waals surface area contributed by atoms with Gasteiger partial charge in [0.15, 0.2) is 0 Å². The summed E-state index contributed by atoms with van der Waals surface area (Å²) in [6, 6.07) is 4.07. The third-order valence-corrected chi connectivity index (χ3v) is 5.08. The van der Waals surface area contributed by atoms with E-state index in [2.05, 4.69) is 10.6 Å². The van der Waals surface area contributed by atoms with Crippen molar-refractivity contribution in [2.45, 2.75) is 6.92 Å². The SMILES string of the molecule is CC(=O)Nc1cc(NCC(=O)N2CCN(S(C)(=O)=O)CC2)ccc1F. The highest BCUT2D eigenvalue weighted by Crippen LogP contribution is 2.19. The maximum atomic E-state index is 13.6. The van der Waals surface area contributed by atoms with Crippen molar-refractivity contribution in [3.8, 4) is 0 Å². The van der Waals surface area contributed by atoms with E-state index in [1.807, 2.05) is 0 Å². The zero-order valence-corrected chi connectivity index (χ0v) is 14.9. The van der Waals surface area contributed by atoms with Crippen LogP contribution in [0.4, 0.5) is 15.8 Å². The van der Waals surface area contributed by atoms with E-state index in [4.69, 9.17) is 0 Å². The van der Waals surface area contributed by atoms with Crippen LogP contribution in [0.5, 0.6) is 0 Å². The predicted octanol–water partition coefficient (Wildman–Crippen LogP) is 0.300. The van der Waals surface area contributed by atoms with Crippen molar-refractivity contribution in [3.05, 3.63) is 24.0 Å². The van der Waals surface area contributed by atoms with Crippen LogP contribution in [0.25, 0.3) is 0 Å². The molecule has 8 nitrogen and oxygen atoms in total. The number of piperazine rings is 1. The Labute approximate surface area is 146 Å². The highest BCUT2D eigenvalue weighted by Gasteiger charge is 2.25. The van der Waals surface area contributed by atoms with Gasteiger partial charge in [0.25, 0.3) is 0 Å². The lowest BCUT2D eigenvalue weighted by Gasteiger charge is -2.33. The molecule has 1 saturated heterocycles. The summed E-state index contributed by atoms with van der Waals surface area (Å²) in [6.07, 6.45) is 1.15. The highest BCUT2D eigenvalue weighted by atomic mass is 32.2. The number of nitrogens with one attached hydrogen (secondary N) is 2. The minimum atomic E-state index is -3.24. The number of benzene rings is 1. The molecule has 1 aliphatic heterocycles. The molecule has 25 heavy (non-hydrogen) atoms. The molecule has 0 saturated carbocycles. The summed E-state index contributed by atoms with van der Waals surface area (Å²) < 4.78 is 37.8. The lowest BCUT2D eigenvalue weighted by molar-refractivity contribution is -0.130. The van der Waals surface area contributed by atoms with Gasteiger partial charge in [0.2, 0.25) is 21.8 Å². The Morgan fingerprint density at radius 3 is 2.40 bits per heavy atom. The lowest BCUT2D eigenvalue weighted by atomic mass is 10.2. The smallest absolute Gasteiger partial charge is 0.241 e. The number of hydrogen-bond acceptors (Lipinski definition) is 5. The molecule has 0 atom stereocenters. The largest absolute Gasteiger partial charge is 0.376 e. The Bertz CT molecular complexity index is 761. The number of nitrogens with zero attached hydrogens (tertiary/aromatic N) is 2. The summed E-state index contributed by atoms with van der Waals surface area (Å²) in [6.45, 7) is 2.47. The summed E-state index contributed by atoms with van der Waals surface area (Å²) in [7, 11) is -3.24. The monoisotopic (exact) mass is 372 g/mol. The first-order valence-electron chi connectivity index (χ1n) is 7.71. The van der Waals surface area contributed by atoms with Crippen LogP contribution in [0.15, 0.2) is 18.2 Å². The van der Waals surface area contributed by atoms with E-state index in [-0.39, 0.29) is 31.2 Å². The van der Waals surface area contributed by atoms with Gasteiger partial charge in [-0.2, -0.15) is 4.31 Å². The van der Waals surface area contributed by atoms with Crippen LogP contribution in [-0.4, -0.2) is 68.4 Å². The second kappa shape index (κ2) is 7.79. The molecule has 0 spiro atoms. The second-order valence-corrected chi connectivity index (χ2v) is 7.75. The molecule has 1 aromatic carbocycles. The molecule has 10 heteroatoms. The fourth-order valence-electron chi connectivity index (χ4n) is 2.48. The molecular weight excluding hydrogens is 351 g/mol.